The summed E-state index contributed by atoms with van der Waals surface area (Å²) in [6.07, 6.45) is 6.96. The summed E-state index contributed by atoms with van der Waals surface area (Å²) in [5.74, 6) is -3.84. The number of carbonyl (C=O) groups is 5. The molecule has 3 aliphatic rings. The van der Waals surface area contributed by atoms with Crippen molar-refractivity contribution in [1.29, 1.82) is 0 Å². The standard InChI is InChI=1S/C36H38N4O7/c1-9-20-16(3)27(15-41)37-26(20)14-25-19(6)29-33(39-25)30(31(34(29)43)36(45)47-8)32-22(11-12-28(42)46-7)18(5)23(38-32)13-24-17(4)21(10-2)35(44)40-24/h10,13-15,18,22,31,37,39H,2,9,11-12H2,1,3-8H3/t18-,22-,31+/m0/s1. The first-order valence-corrected chi connectivity index (χ1v) is 15.5. The van der Waals surface area contributed by atoms with Crippen LogP contribution in [0.15, 0.2) is 45.6 Å². The van der Waals surface area contributed by atoms with Crippen molar-refractivity contribution in [1.82, 2.24) is 9.97 Å². The maximum atomic E-state index is 14.1. The molecule has 0 saturated carbocycles. The monoisotopic (exact) mass is 638 g/mol. The van der Waals surface area contributed by atoms with Gasteiger partial charge in [0.1, 0.15) is 5.92 Å². The van der Waals surface area contributed by atoms with Gasteiger partial charge in [-0.3, -0.25) is 29.0 Å². The average molecular weight is 639 g/mol. The first kappa shape index (κ1) is 33.2. The van der Waals surface area contributed by atoms with Crippen LogP contribution in [0.25, 0.3) is 11.6 Å². The van der Waals surface area contributed by atoms with E-state index in [1.165, 1.54) is 20.3 Å². The Bertz CT molecular complexity index is 2010. The number of hydrogen-bond donors (Lipinski definition) is 2. The molecule has 0 spiro atoms. The van der Waals surface area contributed by atoms with Crippen LogP contribution in [0, 0.1) is 31.6 Å². The number of aromatic nitrogens is 2. The summed E-state index contributed by atoms with van der Waals surface area (Å²) in [7, 11) is 2.55. The zero-order chi connectivity index (χ0) is 34.3. The number of aliphatic imine (C=N–C) groups is 2. The molecule has 2 aromatic rings. The molecule has 0 unspecified atom stereocenters. The van der Waals surface area contributed by atoms with Gasteiger partial charge in [-0.25, -0.2) is 4.99 Å². The van der Waals surface area contributed by atoms with Crippen LogP contribution in [0.2, 0.25) is 0 Å². The van der Waals surface area contributed by atoms with Crippen molar-refractivity contribution >= 4 is 53.0 Å². The van der Waals surface area contributed by atoms with Crippen molar-refractivity contribution in [3.05, 3.63) is 79.9 Å². The molecule has 0 bridgehead atoms. The number of ketones is 1. The van der Waals surface area contributed by atoms with Crippen LogP contribution in [-0.4, -0.2) is 65.5 Å². The highest BCUT2D eigenvalue weighted by Crippen LogP contribution is 2.41. The summed E-state index contributed by atoms with van der Waals surface area (Å²) in [5.41, 5.74) is 7.07. The molecule has 5 rings (SSSR count). The third kappa shape index (κ3) is 5.49. The van der Waals surface area contributed by atoms with E-state index >= 15 is 0 Å². The van der Waals surface area contributed by atoms with E-state index in [1.807, 2.05) is 26.8 Å². The van der Waals surface area contributed by atoms with Crippen LogP contribution >= 0.6 is 0 Å². The molecule has 11 nitrogen and oxygen atoms in total. The molecular weight excluding hydrogens is 600 g/mol. The van der Waals surface area contributed by atoms with Crippen LogP contribution in [0.1, 0.15) is 76.8 Å². The fraction of sp³-hybridized carbons (Fsp3) is 0.361. The Morgan fingerprint density at radius 1 is 1.00 bits per heavy atom. The van der Waals surface area contributed by atoms with E-state index < -0.39 is 23.6 Å². The molecule has 244 valence electrons. The molecule has 1 amide bonds. The van der Waals surface area contributed by atoms with Gasteiger partial charge < -0.3 is 19.4 Å². The number of carbonyl (C=O) groups excluding carboxylic acids is 5. The summed E-state index contributed by atoms with van der Waals surface area (Å²) in [6, 6.07) is 0. The predicted octanol–water partition coefficient (Wildman–Crippen LogP) is 3.33. The summed E-state index contributed by atoms with van der Waals surface area (Å²) in [5, 5.41) is 1.10. The Morgan fingerprint density at radius 2 is 1.72 bits per heavy atom. The van der Waals surface area contributed by atoms with Gasteiger partial charge in [-0.05, 0) is 68.0 Å². The number of ether oxygens (including phenoxy) is 2. The largest absolute Gasteiger partial charge is 0.469 e. The molecule has 0 fully saturated rings. The third-order valence-corrected chi connectivity index (χ3v) is 9.57. The van der Waals surface area contributed by atoms with E-state index in [0.29, 0.717) is 74.2 Å². The van der Waals surface area contributed by atoms with Gasteiger partial charge in [0, 0.05) is 51.7 Å². The fourth-order valence-corrected chi connectivity index (χ4v) is 6.85. The van der Waals surface area contributed by atoms with E-state index in [2.05, 4.69) is 21.5 Å². The molecule has 1 aliphatic carbocycles. The van der Waals surface area contributed by atoms with Crippen molar-refractivity contribution in [2.24, 2.45) is 27.7 Å². The lowest BCUT2D eigenvalue weighted by molar-refractivity contribution is -0.142. The number of Topliss-reactive ketones (excluding diaryl/α,β-unsaturated/α-hetero) is 1. The maximum absolute atomic E-state index is 14.1. The van der Waals surface area contributed by atoms with Crippen molar-refractivity contribution in [3.63, 3.8) is 0 Å². The van der Waals surface area contributed by atoms with E-state index in [4.69, 9.17) is 14.5 Å². The highest BCUT2D eigenvalue weighted by atomic mass is 16.5. The highest BCUT2D eigenvalue weighted by molar-refractivity contribution is 6.35. The smallest absolute Gasteiger partial charge is 0.321 e. The van der Waals surface area contributed by atoms with Crippen LogP contribution in [0.5, 0.6) is 0 Å². The first-order chi connectivity index (χ1) is 22.4. The quantitative estimate of drug-likeness (QED) is 0.229. The van der Waals surface area contributed by atoms with Crippen LogP contribution in [0.3, 0.4) is 0 Å². The normalized spacial score (nSPS) is 21.9. The van der Waals surface area contributed by atoms with Gasteiger partial charge in [-0.15, -0.1) is 0 Å². The number of hydrogen-bond acceptors (Lipinski definition) is 8. The molecular formula is C36H38N4O7. The third-order valence-electron chi connectivity index (χ3n) is 9.57. The Kier molecular flexibility index (Phi) is 9.11. The summed E-state index contributed by atoms with van der Waals surface area (Å²) >= 11 is 0. The van der Waals surface area contributed by atoms with E-state index in [1.54, 1.807) is 19.9 Å². The minimum atomic E-state index is -1.26. The average Bonchev–Trinajstić information content (AvgIpc) is 3.79. The Hall–Kier alpha value is -5.19. The highest BCUT2D eigenvalue weighted by Gasteiger charge is 2.47. The number of rotatable bonds is 10. The van der Waals surface area contributed by atoms with Gasteiger partial charge >= 0.3 is 11.9 Å². The van der Waals surface area contributed by atoms with Gasteiger partial charge in [0.2, 0.25) is 0 Å². The second-order valence-electron chi connectivity index (χ2n) is 11.9. The molecule has 2 aromatic heterocycles. The number of aromatic amines is 2. The fourth-order valence-electron chi connectivity index (χ4n) is 6.85. The predicted molar refractivity (Wildman–Crippen MR) is 177 cm³/mol. The Balaban J connectivity index is 1.77. The van der Waals surface area contributed by atoms with E-state index in [9.17, 15) is 24.0 Å². The number of esters is 2. The van der Waals surface area contributed by atoms with Crippen molar-refractivity contribution in [2.75, 3.05) is 14.2 Å². The zero-order valence-electron chi connectivity index (χ0n) is 27.6. The first-order valence-electron chi connectivity index (χ1n) is 15.5. The minimum Gasteiger partial charge on any atom is -0.469 e. The Labute approximate surface area is 271 Å². The molecule has 2 aliphatic heterocycles. The van der Waals surface area contributed by atoms with Crippen molar-refractivity contribution < 1.29 is 33.4 Å². The number of nitrogens with zero attached hydrogens (tertiary/aromatic N) is 2. The van der Waals surface area contributed by atoms with Gasteiger partial charge in [0.15, 0.2) is 12.1 Å². The lowest BCUT2D eigenvalue weighted by Gasteiger charge is -2.20. The zero-order valence-corrected chi connectivity index (χ0v) is 27.6. The summed E-state index contributed by atoms with van der Waals surface area (Å²) < 4.78 is 10.0. The van der Waals surface area contributed by atoms with Crippen LogP contribution in [0.4, 0.5) is 0 Å². The summed E-state index contributed by atoms with van der Waals surface area (Å²) in [6.45, 7) is 13.1. The number of nitrogens with one attached hydrogen (secondary N) is 2. The SMILES string of the molecule is C=CC1=C(C)C(C=C2N=C(C3=c4[nH]c(=Cc5[nH]c(C=O)c(C)c5CC)c(C)c4C(=O)[C@@H]3C(=O)OC)[C@@H](CCC(=O)OC)[C@@H]2C)=NC1=O. The van der Waals surface area contributed by atoms with Gasteiger partial charge in [0.05, 0.1) is 36.7 Å². The van der Waals surface area contributed by atoms with Gasteiger partial charge in [0.25, 0.3) is 5.91 Å². The number of allylic oxidation sites excluding steroid dienone is 3. The second-order valence-corrected chi connectivity index (χ2v) is 11.9. The molecule has 0 aromatic carbocycles. The van der Waals surface area contributed by atoms with Gasteiger partial charge in [-0.1, -0.05) is 26.5 Å². The van der Waals surface area contributed by atoms with Crippen LogP contribution < -0.4 is 10.7 Å². The maximum Gasteiger partial charge on any atom is 0.321 e. The minimum absolute atomic E-state index is 0.0849. The second kappa shape index (κ2) is 12.9. The van der Waals surface area contributed by atoms with Crippen molar-refractivity contribution in [2.45, 2.75) is 53.9 Å². The molecule has 11 heteroatoms. The lowest BCUT2D eigenvalue weighted by Crippen LogP contribution is -2.31. The Morgan fingerprint density at radius 3 is 2.32 bits per heavy atom. The number of fused-ring (bicyclic) bond motifs is 1. The molecule has 47 heavy (non-hydrogen) atoms. The molecule has 0 radical (unpaired) electrons. The molecule has 4 heterocycles. The topological polar surface area (TPSA) is 160 Å². The number of H-pyrrole nitrogens is 2. The number of amides is 1. The number of aldehydes is 1. The van der Waals surface area contributed by atoms with E-state index in [-0.39, 0.29) is 24.2 Å². The van der Waals surface area contributed by atoms with E-state index in [0.717, 1.165) is 23.1 Å². The molecule has 2 N–H and O–H groups in total. The molecule has 0 saturated heterocycles. The lowest BCUT2D eigenvalue weighted by atomic mass is 9.81. The van der Waals surface area contributed by atoms with Gasteiger partial charge in [-0.2, -0.15) is 0 Å². The molecule has 3 atom stereocenters. The van der Waals surface area contributed by atoms with Crippen LogP contribution in [-0.2, 0) is 30.3 Å². The van der Waals surface area contributed by atoms with Crippen molar-refractivity contribution in [3.8, 4) is 0 Å². The summed E-state index contributed by atoms with van der Waals surface area (Å²) in [4.78, 5) is 79.5. The number of methoxy groups -OCH3 is 2.